The summed E-state index contributed by atoms with van der Waals surface area (Å²) in [6, 6.07) is 7.75. The molecule has 0 bridgehead atoms. The summed E-state index contributed by atoms with van der Waals surface area (Å²) >= 11 is 0. The molecule has 1 aromatic carbocycles. The molecule has 1 fully saturated rings. The second-order valence-corrected chi connectivity index (χ2v) is 8.67. The van der Waals surface area contributed by atoms with Gasteiger partial charge in [-0.05, 0) is 25.0 Å². The number of benzene rings is 1. The molecular formula is C16H20N6O4S. The maximum atomic E-state index is 12.7. The molecular weight excluding hydrogens is 372 g/mol. The van der Waals surface area contributed by atoms with Crippen LogP contribution in [0.4, 0.5) is 0 Å². The molecule has 0 aliphatic carbocycles. The van der Waals surface area contributed by atoms with Crippen molar-refractivity contribution in [2.45, 2.75) is 24.6 Å². The minimum Gasteiger partial charge on any atom is -0.493 e. The Bertz CT molecular complexity index is 1140. The van der Waals surface area contributed by atoms with Crippen LogP contribution in [0, 0.1) is 0 Å². The Morgan fingerprint density at radius 3 is 2.63 bits per heavy atom. The number of sulfonamides is 1. The Labute approximate surface area is 155 Å². The van der Waals surface area contributed by atoms with Crippen molar-refractivity contribution in [1.82, 2.24) is 28.9 Å². The first-order valence-corrected chi connectivity index (χ1v) is 10.2. The standard InChI is InChI=1S/C16H20N6O4S/c1-20-15(23)13(17-16(20)24)10-27(25,26)21-8-6-11(7-9-21)22-14-5-3-2-4-12(14)18-19-22/h2-5,11,23H,6-10H2,1H3,(H,17,24). The van der Waals surface area contributed by atoms with E-state index in [-0.39, 0.29) is 17.6 Å². The average Bonchev–Trinajstić information content (AvgIpc) is 3.19. The molecule has 1 aliphatic heterocycles. The number of fused-ring (bicyclic) bond motifs is 1. The van der Waals surface area contributed by atoms with E-state index in [0.29, 0.717) is 25.9 Å². The zero-order valence-electron chi connectivity index (χ0n) is 14.7. The highest BCUT2D eigenvalue weighted by Gasteiger charge is 2.31. The highest BCUT2D eigenvalue weighted by molar-refractivity contribution is 7.88. The number of hydrogen-bond acceptors (Lipinski definition) is 6. The third-order valence-corrected chi connectivity index (χ3v) is 6.82. The monoisotopic (exact) mass is 392 g/mol. The fraction of sp³-hybridized carbons (Fsp3) is 0.438. The lowest BCUT2D eigenvalue weighted by molar-refractivity contribution is 0.262. The molecule has 0 atom stereocenters. The Morgan fingerprint density at radius 2 is 1.96 bits per heavy atom. The molecule has 27 heavy (non-hydrogen) atoms. The van der Waals surface area contributed by atoms with Gasteiger partial charge in [0.25, 0.3) is 0 Å². The summed E-state index contributed by atoms with van der Waals surface area (Å²) in [4.78, 5) is 13.9. The zero-order chi connectivity index (χ0) is 19.2. The SMILES string of the molecule is Cn1c(O)c(CS(=O)(=O)N2CCC(n3nnc4ccccc43)CC2)[nH]c1=O. The number of aromatic hydroxyl groups is 1. The Hall–Kier alpha value is -2.66. The quantitative estimate of drug-likeness (QED) is 0.659. The van der Waals surface area contributed by atoms with Gasteiger partial charge in [0.2, 0.25) is 15.9 Å². The van der Waals surface area contributed by atoms with Crippen molar-refractivity contribution in [1.29, 1.82) is 0 Å². The van der Waals surface area contributed by atoms with Gasteiger partial charge >= 0.3 is 5.69 Å². The van der Waals surface area contributed by atoms with E-state index in [4.69, 9.17) is 0 Å². The summed E-state index contributed by atoms with van der Waals surface area (Å²) < 4.78 is 29.6. The smallest absolute Gasteiger partial charge is 0.328 e. The largest absolute Gasteiger partial charge is 0.493 e. The van der Waals surface area contributed by atoms with Crippen LogP contribution in [0.3, 0.4) is 0 Å². The van der Waals surface area contributed by atoms with Crippen LogP contribution < -0.4 is 5.69 Å². The topological polar surface area (TPSA) is 126 Å². The number of piperidine rings is 1. The van der Waals surface area contributed by atoms with E-state index in [1.807, 2.05) is 28.9 Å². The molecule has 3 heterocycles. The van der Waals surface area contributed by atoms with Crippen molar-refractivity contribution < 1.29 is 13.5 Å². The summed E-state index contributed by atoms with van der Waals surface area (Å²) in [6.07, 6.45) is 1.23. The van der Waals surface area contributed by atoms with Gasteiger partial charge in [0.15, 0.2) is 0 Å². The molecule has 3 aromatic rings. The lowest BCUT2D eigenvalue weighted by Gasteiger charge is -2.31. The summed E-state index contributed by atoms with van der Waals surface area (Å²) in [5.41, 5.74) is 1.21. The van der Waals surface area contributed by atoms with Gasteiger partial charge in [0.1, 0.15) is 11.3 Å². The molecule has 2 N–H and O–H groups in total. The molecule has 0 spiro atoms. The fourth-order valence-corrected chi connectivity index (χ4v) is 4.98. The first kappa shape index (κ1) is 17.7. The van der Waals surface area contributed by atoms with Crippen LogP contribution in [0.1, 0.15) is 24.6 Å². The van der Waals surface area contributed by atoms with E-state index in [9.17, 15) is 18.3 Å². The number of imidazole rings is 1. The summed E-state index contributed by atoms with van der Waals surface area (Å²) in [6.45, 7) is 0.692. The van der Waals surface area contributed by atoms with E-state index in [2.05, 4.69) is 15.3 Å². The van der Waals surface area contributed by atoms with Gasteiger partial charge in [-0.25, -0.2) is 22.2 Å². The highest BCUT2D eigenvalue weighted by Crippen LogP contribution is 2.27. The molecule has 10 nitrogen and oxygen atoms in total. The number of hydrogen-bond donors (Lipinski definition) is 2. The van der Waals surface area contributed by atoms with Gasteiger partial charge in [-0.15, -0.1) is 5.10 Å². The molecule has 2 aromatic heterocycles. The summed E-state index contributed by atoms with van der Waals surface area (Å²) in [7, 11) is -2.28. The zero-order valence-corrected chi connectivity index (χ0v) is 15.6. The predicted molar refractivity (Wildman–Crippen MR) is 97.7 cm³/mol. The molecule has 0 radical (unpaired) electrons. The van der Waals surface area contributed by atoms with Crippen molar-refractivity contribution >= 4 is 21.1 Å². The second-order valence-electron chi connectivity index (χ2n) is 6.70. The minimum atomic E-state index is -3.65. The maximum Gasteiger partial charge on any atom is 0.328 e. The fourth-order valence-electron chi connectivity index (χ4n) is 3.46. The third kappa shape index (κ3) is 3.12. The Balaban J connectivity index is 1.48. The molecule has 144 valence electrons. The van der Waals surface area contributed by atoms with Gasteiger partial charge in [-0.3, -0.25) is 4.57 Å². The summed E-state index contributed by atoms with van der Waals surface area (Å²) in [5.74, 6) is -0.793. The van der Waals surface area contributed by atoms with Crippen LogP contribution in [-0.4, -0.2) is 55.5 Å². The summed E-state index contributed by atoms with van der Waals surface area (Å²) in [5, 5.41) is 18.3. The number of rotatable bonds is 4. The van der Waals surface area contributed by atoms with E-state index in [1.165, 1.54) is 11.4 Å². The number of nitrogens with one attached hydrogen (secondary N) is 1. The molecule has 0 unspecified atom stereocenters. The van der Waals surface area contributed by atoms with Crippen LogP contribution in [0.15, 0.2) is 29.1 Å². The van der Waals surface area contributed by atoms with Crippen LogP contribution in [-0.2, 0) is 22.8 Å². The van der Waals surface area contributed by atoms with E-state index >= 15 is 0 Å². The molecule has 1 aliphatic rings. The van der Waals surface area contributed by atoms with Crippen molar-refractivity contribution in [2.75, 3.05) is 13.1 Å². The Kier molecular flexibility index (Phi) is 4.27. The van der Waals surface area contributed by atoms with Gasteiger partial charge < -0.3 is 10.1 Å². The van der Waals surface area contributed by atoms with E-state index < -0.39 is 21.5 Å². The lowest BCUT2D eigenvalue weighted by Crippen LogP contribution is -2.39. The maximum absolute atomic E-state index is 12.7. The van der Waals surface area contributed by atoms with E-state index in [1.54, 1.807) is 0 Å². The number of aromatic amines is 1. The van der Waals surface area contributed by atoms with Crippen molar-refractivity contribution in [3.8, 4) is 5.88 Å². The van der Waals surface area contributed by atoms with E-state index in [0.717, 1.165) is 15.6 Å². The number of nitrogens with zero attached hydrogens (tertiary/aromatic N) is 5. The minimum absolute atomic E-state index is 0.00638. The first-order chi connectivity index (χ1) is 12.9. The van der Waals surface area contributed by atoms with Crippen molar-refractivity contribution in [2.24, 2.45) is 7.05 Å². The number of aromatic nitrogens is 5. The van der Waals surface area contributed by atoms with Crippen LogP contribution in [0.5, 0.6) is 5.88 Å². The van der Waals surface area contributed by atoms with Crippen LogP contribution >= 0.6 is 0 Å². The van der Waals surface area contributed by atoms with Gasteiger partial charge in [-0.2, -0.15) is 0 Å². The molecule has 11 heteroatoms. The second kappa shape index (κ2) is 6.50. The molecule has 1 saturated heterocycles. The molecule has 0 saturated carbocycles. The number of H-pyrrole nitrogens is 1. The first-order valence-electron chi connectivity index (χ1n) is 8.61. The Morgan fingerprint density at radius 1 is 1.26 bits per heavy atom. The van der Waals surface area contributed by atoms with Gasteiger partial charge in [0, 0.05) is 20.1 Å². The third-order valence-electron chi connectivity index (χ3n) is 5.02. The van der Waals surface area contributed by atoms with Crippen molar-refractivity contribution in [3.63, 3.8) is 0 Å². The number of para-hydroxylation sites is 1. The van der Waals surface area contributed by atoms with Crippen molar-refractivity contribution in [3.05, 3.63) is 40.4 Å². The normalized spacial score (nSPS) is 16.9. The van der Waals surface area contributed by atoms with Gasteiger partial charge in [-0.1, -0.05) is 17.3 Å². The predicted octanol–water partition coefficient (Wildman–Crippen LogP) is 0.331. The molecule has 0 amide bonds. The molecule has 4 rings (SSSR count). The highest BCUT2D eigenvalue weighted by atomic mass is 32.2. The van der Waals surface area contributed by atoms with Crippen LogP contribution in [0.25, 0.3) is 11.0 Å². The lowest BCUT2D eigenvalue weighted by atomic mass is 10.1. The average molecular weight is 392 g/mol. The van der Waals surface area contributed by atoms with Gasteiger partial charge in [0.05, 0.1) is 17.3 Å². The van der Waals surface area contributed by atoms with Crippen LogP contribution in [0.2, 0.25) is 0 Å².